The molecule has 0 aliphatic rings. The van der Waals surface area contributed by atoms with Crippen LogP contribution in [0.2, 0.25) is 0 Å². The van der Waals surface area contributed by atoms with Gasteiger partial charge in [-0.3, -0.25) is 10.1 Å². The molecule has 0 fully saturated rings. The molecule has 0 radical (unpaired) electrons. The molecule has 0 bridgehead atoms. The molecule has 2 heterocycles. The van der Waals surface area contributed by atoms with Crippen molar-refractivity contribution >= 4 is 43.6 Å². The maximum Gasteiger partial charge on any atom is 0.293 e. The van der Waals surface area contributed by atoms with Crippen LogP contribution >= 0.6 is 11.3 Å². The third-order valence-corrected chi connectivity index (χ3v) is 4.80. The maximum absolute atomic E-state index is 13.3. The molecule has 0 saturated heterocycles. The Kier molecular flexibility index (Phi) is 3.35. The highest BCUT2D eigenvalue weighted by Crippen LogP contribution is 2.29. The Morgan fingerprint density at radius 3 is 2.88 bits per heavy atom. The van der Waals surface area contributed by atoms with E-state index in [1.807, 2.05) is 32.0 Å². The molecule has 0 aliphatic heterocycles. The SMILES string of the molecule is Cc1ccc2c(C)c(C(=O)Nc3nc4ccc(F)cc4s3)oc2c1. The summed E-state index contributed by atoms with van der Waals surface area (Å²) >= 11 is 1.22. The van der Waals surface area contributed by atoms with Gasteiger partial charge in [0, 0.05) is 10.9 Å². The second kappa shape index (κ2) is 5.42. The minimum Gasteiger partial charge on any atom is -0.451 e. The molecule has 2 aromatic carbocycles. The van der Waals surface area contributed by atoms with Gasteiger partial charge in [0.05, 0.1) is 10.2 Å². The predicted octanol–water partition coefficient (Wildman–Crippen LogP) is 5.05. The number of carbonyl (C=O) groups excluding carboxylic acids is 1. The highest BCUT2D eigenvalue weighted by Gasteiger charge is 2.19. The van der Waals surface area contributed by atoms with Crippen LogP contribution in [0.3, 0.4) is 0 Å². The first-order valence-corrected chi connectivity index (χ1v) is 8.20. The number of nitrogens with one attached hydrogen (secondary N) is 1. The molecule has 1 N–H and O–H groups in total. The summed E-state index contributed by atoms with van der Waals surface area (Å²) in [7, 11) is 0. The summed E-state index contributed by atoms with van der Waals surface area (Å²) in [5.74, 6) is -0.422. The van der Waals surface area contributed by atoms with Gasteiger partial charge in [0.15, 0.2) is 10.9 Å². The maximum atomic E-state index is 13.3. The van der Waals surface area contributed by atoms with Gasteiger partial charge in [-0.15, -0.1) is 0 Å². The van der Waals surface area contributed by atoms with Crippen molar-refractivity contribution in [3.63, 3.8) is 0 Å². The summed E-state index contributed by atoms with van der Waals surface area (Å²) in [4.78, 5) is 16.8. The molecule has 24 heavy (non-hydrogen) atoms. The number of aryl methyl sites for hydroxylation is 2. The lowest BCUT2D eigenvalue weighted by atomic mass is 10.1. The number of halogens is 1. The van der Waals surface area contributed by atoms with Gasteiger partial charge in [0.25, 0.3) is 5.91 Å². The number of amides is 1. The van der Waals surface area contributed by atoms with Gasteiger partial charge < -0.3 is 4.42 Å². The molecule has 6 heteroatoms. The van der Waals surface area contributed by atoms with Crippen LogP contribution in [0.15, 0.2) is 40.8 Å². The number of anilines is 1. The minimum absolute atomic E-state index is 0.265. The van der Waals surface area contributed by atoms with E-state index < -0.39 is 0 Å². The van der Waals surface area contributed by atoms with Crippen molar-refractivity contribution in [2.24, 2.45) is 0 Å². The van der Waals surface area contributed by atoms with Gasteiger partial charge >= 0.3 is 0 Å². The zero-order valence-corrected chi connectivity index (χ0v) is 13.8. The zero-order valence-electron chi connectivity index (χ0n) is 13.0. The predicted molar refractivity (Wildman–Crippen MR) is 93.2 cm³/mol. The molecule has 0 aliphatic carbocycles. The van der Waals surface area contributed by atoms with E-state index in [4.69, 9.17) is 4.42 Å². The van der Waals surface area contributed by atoms with E-state index in [0.29, 0.717) is 20.9 Å². The molecule has 1 amide bonds. The molecule has 0 spiro atoms. The molecule has 120 valence electrons. The van der Waals surface area contributed by atoms with Crippen LogP contribution in [0.5, 0.6) is 0 Å². The van der Waals surface area contributed by atoms with Crippen LogP contribution in [0.1, 0.15) is 21.7 Å². The molecule has 2 aromatic heterocycles. The Labute approximate surface area is 140 Å². The second-order valence-corrected chi connectivity index (χ2v) is 6.67. The summed E-state index contributed by atoms with van der Waals surface area (Å²) in [5.41, 5.74) is 3.18. The number of hydrogen-bond donors (Lipinski definition) is 1. The number of aromatic nitrogens is 1. The fraction of sp³-hybridized carbons (Fsp3) is 0.111. The molecular formula is C18H13FN2O2S. The van der Waals surface area contributed by atoms with Crippen LogP contribution in [0.4, 0.5) is 9.52 Å². The highest BCUT2D eigenvalue weighted by molar-refractivity contribution is 7.22. The first kappa shape index (κ1) is 14.8. The number of rotatable bonds is 2. The van der Waals surface area contributed by atoms with Gasteiger partial charge in [0.2, 0.25) is 0 Å². The highest BCUT2D eigenvalue weighted by atomic mass is 32.1. The molecule has 4 aromatic rings. The summed E-state index contributed by atoms with van der Waals surface area (Å²) in [6.07, 6.45) is 0. The van der Waals surface area contributed by atoms with Gasteiger partial charge in [-0.05, 0) is 43.7 Å². The summed E-state index contributed by atoms with van der Waals surface area (Å²) in [5, 5.41) is 4.06. The summed E-state index contributed by atoms with van der Waals surface area (Å²) in [6.45, 7) is 3.82. The molecule has 4 nitrogen and oxygen atoms in total. The normalized spacial score (nSPS) is 11.3. The van der Waals surface area contributed by atoms with Crippen LogP contribution in [0.25, 0.3) is 21.2 Å². The van der Waals surface area contributed by atoms with Crippen LogP contribution < -0.4 is 5.32 Å². The molecule has 0 saturated carbocycles. The summed E-state index contributed by atoms with van der Waals surface area (Å²) in [6, 6.07) is 10.2. The number of thiazole rings is 1. The minimum atomic E-state index is -0.360. The number of fused-ring (bicyclic) bond motifs is 2. The van der Waals surface area contributed by atoms with Gasteiger partial charge in [-0.2, -0.15) is 0 Å². The Bertz CT molecular complexity index is 1100. The first-order chi connectivity index (χ1) is 11.5. The van der Waals surface area contributed by atoms with Gasteiger partial charge in [-0.25, -0.2) is 9.37 Å². The van der Waals surface area contributed by atoms with E-state index >= 15 is 0 Å². The van der Waals surface area contributed by atoms with Crippen molar-refractivity contribution in [3.8, 4) is 0 Å². The lowest BCUT2D eigenvalue weighted by molar-refractivity contribution is 0.0998. The monoisotopic (exact) mass is 340 g/mol. The number of benzene rings is 2. The largest absolute Gasteiger partial charge is 0.451 e. The Balaban J connectivity index is 1.69. The fourth-order valence-corrected chi connectivity index (χ4v) is 3.54. The molecular weight excluding hydrogens is 327 g/mol. The Hall–Kier alpha value is -2.73. The zero-order chi connectivity index (χ0) is 16.8. The van der Waals surface area contributed by atoms with Crippen LogP contribution in [0, 0.1) is 19.7 Å². The molecule has 0 unspecified atom stereocenters. The van der Waals surface area contributed by atoms with E-state index in [-0.39, 0.29) is 17.5 Å². The van der Waals surface area contributed by atoms with E-state index in [1.165, 1.54) is 23.5 Å². The number of furan rings is 1. The van der Waals surface area contributed by atoms with Gasteiger partial charge in [-0.1, -0.05) is 23.5 Å². The quantitative estimate of drug-likeness (QED) is 0.555. The topological polar surface area (TPSA) is 55.1 Å². The van der Waals surface area contributed by atoms with Crippen molar-refractivity contribution in [1.82, 2.24) is 4.98 Å². The second-order valence-electron chi connectivity index (χ2n) is 5.64. The van der Waals surface area contributed by atoms with Crippen molar-refractivity contribution < 1.29 is 13.6 Å². The van der Waals surface area contributed by atoms with Crippen molar-refractivity contribution in [3.05, 3.63) is 59.1 Å². The lowest BCUT2D eigenvalue weighted by Gasteiger charge is -1.98. The first-order valence-electron chi connectivity index (χ1n) is 7.38. The Morgan fingerprint density at radius 2 is 2.04 bits per heavy atom. The van der Waals surface area contributed by atoms with Crippen molar-refractivity contribution in [2.75, 3.05) is 5.32 Å². The molecule has 4 rings (SSSR count). The average molecular weight is 340 g/mol. The number of hydrogen-bond acceptors (Lipinski definition) is 4. The van der Waals surface area contributed by atoms with Crippen LogP contribution in [-0.2, 0) is 0 Å². The standard InChI is InChI=1S/C18H13FN2O2S/c1-9-3-5-12-10(2)16(23-14(12)7-9)17(22)21-18-20-13-6-4-11(19)8-15(13)24-18/h3-8H,1-2H3,(H,20,21,22). The molecule has 0 atom stereocenters. The fourth-order valence-electron chi connectivity index (χ4n) is 2.66. The van der Waals surface area contributed by atoms with E-state index in [9.17, 15) is 9.18 Å². The number of nitrogens with zero attached hydrogens (tertiary/aromatic N) is 1. The van der Waals surface area contributed by atoms with Crippen molar-refractivity contribution in [1.29, 1.82) is 0 Å². The Morgan fingerprint density at radius 1 is 1.21 bits per heavy atom. The third kappa shape index (κ3) is 2.45. The summed E-state index contributed by atoms with van der Waals surface area (Å²) < 4.78 is 19.6. The number of carbonyl (C=O) groups is 1. The third-order valence-electron chi connectivity index (χ3n) is 3.87. The van der Waals surface area contributed by atoms with E-state index in [0.717, 1.165) is 16.5 Å². The lowest BCUT2D eigenvalue weighted by Crippen LogP contribution is -2.11. The smallest absolute Gasteiger partial charge is 0.293 e. The van der Waals surface area contributed by atoms with E-state index in [2.05, 4.69) is 10.3 Å². The van der Waals surface area contributed by atoms with Crippen LogP contribution in [-0.4, -0.2) is 10.9 Å². The van der Waals surface area contributed by atoms with Gasteiger partial charge in [0.1, 0.15) is 11.4 Å². The average Bonchev–Trinajstić information content (AvgIpc) is 3.07. The van der Waals surface area contributed by atoms with Crippen molar-refractivity contribution in [2.45, 2.75) is 13.8 Å². The van der Waals surface area contributed by atoms with E-state index in [1.54, 1.807) is 6.07 Å².